The van der Waals surface area contributed by atoms with Gasteiger partial charge in [-0.25, -0.2) is 0 Å². The fourth-order valence-corrected chi connectivity index (χ4v) is 8.58. The third-order valence-electron chi connectivity index (χ3n) is 11.0. The van der Waals surface area contributed by atoms with Crippen LogP contribution in [0.2, 0.25) is 0 Å². The molecule has 1 N–H and O–H groups in total. The van der Waals surface area contributed by atoms with E-state index in [1.165, 1.54) is 51.4 Å². The zero-order chi connectivity index (χ0) is 23.3. The predicted octanol–water partition coefficient (Wildman–Crippen LogP) is 6.81. The second-order valence-corrected chi connectivity index (χ2v) is 13.2. The number of hydrogen-bond acceptors (Lipinski definition) is 3. The summed E-state index contributed by atoms with van der Waals surface area (Å²) < 4.78 is 6.70. The molecule has 3 saturated carbocycles. The van der Waals surface area contributed by atoms with Crippen molar-refractivity contribution in [2.24, 2.45) is 46.3 Å². The molecule has 184 valence electrons. The second kappa shape index (κ2) is 9.33. The van der Waals surface area contributed by atoms with E-state index in [4.69, 9.17) is 4.74 Å². The van der Waals surface area contributed by atoms with Crippen LogP contribution in [0.15, 0.2) is 0 Å². The van der Waals surface area contributed by atoms with Gasteiger partial charge in [0.2, 0.25) is 0 Å². The first kappa shape index (κ1) is 24.7. The Hall–Kier alpha value is -0.410. The summed E-state index contributed by atoms with van der Waals surface area (Å²) in [5.41, 5.74) is 0.261. The molecule has 4 rings (SSSR count). The van der Waals surface area contributed by atoms with Gasteiger partial charge in [-0.2, -0.15) is 0 Å². The largest absolute Gasteiger partial charge is 0.393 e. The van der Waals surface area contributed by atoms with E-state index in [1.54, 1.807) is 0 Å². The number of carbonyl (C=O) groups is 1. The van der Waals surface area contributed by atoms with Crippen LogP contribution >= 0.6 is 0 Å². The van der Waals surface area contributed by atoms with Gasteiger partial charge >= 0.3 is 0 Å². The summed E-state index contributed by atoms with van der Waals surface area (Å²) in [6.45, 7) is 14.0. The van der Waals surface area contributed by atoms with E-state index in [0.717, 1.165) is 24.7 Å². The van der Waals surface area contributed by atoms with E-state index >= 15 is 0 Å². The summed E-state index contributed by atoms with van der Waals surface area (Å²) in [5, 5.41) is 10.4. The van der Waals surface area contributed by atoms with Gasteiger partial charge in [0, 0.05) is 11.3 Å². The maximum absolute atomic E-state index is 13.9. The van der Waals surface area contributed by atoms with Crippen molar-refractivity contribution in [3.8, 4) is 0 Å². The molecule has 3 nitrogen and oxygen atoms in total. The van der Waals surface area contributed by atoms with E-state index < -0.39 is 0 Å². The Kier molecular flexibility index (Phi) is 7.20. The zero-order valence-electron chi connectivity index (χ0n) is 21.7. The SMILES string of the molecule is CC(C)CCCCC1CCC2C(C3O[C@H](C)C4(C)CCC(O)CC4C3=O)C(C)CCC12C. The van der Waals surface area contributed by atoms with Crippen LogP contribution in [0, 0.1) is 46.3 Å². The molecule has 3 heteroatoms. The minimum Gasteiger partial charge on any atom is -0.393 e. The molecular formula is C29H50O3. The van der Waals surface area contributed by atoms with Crippen molar-refractivity contribution in [2.45, 2.75) is 130 Å². The first-order valence-electron chi connectivity index (χ1n) is 13.9. The lowest BCUT2D eigenvalue weighted by Crippen LogP contribution is -2.60. The highest BCUT2D eigenvalue weighted by Gasteiger charge is 2.60. The highest BCUT2D eigenvalue weighted by molar-refractivity contribution is 5.87. The lowest BCUT2D eigenvalue weighted by Gasteiger charge is -2.56. The normalized spacial score (nSPS) is 49.2. The van der Waals surface area contributed by atoms with Crippen LogP contribution in [-0.2, 0) is 9.53 Å². The van der Waals surface area contributed by atoms with Crippen LogP contribution in [0.4, 0.5) is 0 Å². The van der Waals surface area contributed by atoms with Crippen molar-refractivity contribution < 1.29 is 14.6 Å². The summed E-state index contributed by atoms with van der Waals surface area (Å²) in [6.07, 6.45) is 12.4. The topological polar surface area (TPSA) is 46.5 Å². The Morgan fingerprint density at radius 3 is 2.47 bits per heavy atom. The number of ether oxygens (including phenoxy) is 1. The van der Waals surface area contributed by atoms with Gasteiger partial charge in [-0.15, -0.1) is 0 Å². The minimum atomic E-state index is -0.321. The monoisotopic (exact) mass is 446 g/mol. The average molecular weight is 447 g/mol. The molecule has 0 aromatic carbocycles. The highest BCUT2D eigenvalue weighted by Crippen LogP contribution is 2.62. The van der Waals surface area contributed by atoms with E-state index in [-0.39, 0.29) is 29.6 Å². The molecule has 0 aromatic rings. The van der Waals surface area contributed by atoms with Crippen LogP contribution < -0.4 is 0 Å². The Bertz CT molecular complexity index is 673. The molecule has 10 atom stereocenters. The maximum Gasteiger partial charge on any atom is 0.165 e. The Labute approximate surface area is 197 Å². The van der Waals surface area contributed by atoms with Crippen molar-refractivity contribution in [3.63, 3.8) is 0 Å². The molecule has 1 saturated heterocycles. The molecule has 4 fully saturated rings. The minimum absolute atomic E-state index is 0.0337. The molecule has 0 radical (unpaired) electrons. The van der Waals surface area contributed by atoms with Gasteiger partial charge in [0.25, 0.3) is 0 Å². The van der Waals surface area contributed by atoms with Crippen LogP contribution in [-0.4, -0.2) is 29.2 Å². The quantitative estimate of drug-likeness (QED) is 0.456. The van der Waals surface area contributed by atoms with E-state index in [1.807, 2.05) is 0 Å². The number of rotatable bonds is 6. The number of fused-ring (bicyclic) bond motifs is 2. The van der Waals surface area contributed by atoms with Crippen LogP contribution in [0.3, 0.4) is 0 Å². The van der Waals surface area contributed by atoms with Crippen LogP contribution in [0.5, 0.6) is 0 Å². The fourth-order valence-electron chi connectivity index (χ4n) is 8.58. The van der Waals surface area contributed by atoms with Crippen LogP contribution in [0.1, 0.15) is 112 Å². The molecule has 1 heterocycles. The molecule has 0 amide bonds. The maximum atomic E-state index is 13.9. The Balaban J connectivity index is 1.51. The van der Waals surface area contributed by atoms with Crippen LogP contribution in [0.25, 0.3) is 0 Å². The molecule has 0 spiro atoms. The highest BCUT2D eigenvalue weighted by atomic mass is 16.5. The average Bonchev–Trinajstić information content (AvgIpc) is 3.06. The molecule has 1 aliphatic heterocycles. The van der Waals surface area contributed by atoms with E-state index in [9.17, 15) is 9.90 Å². The molecule has 9 unspecified atom stereocenters. The number of hydrogen-bond donors (Lipinski definition) is 1. The number of Topliss-reactive ketones (excluding diaryl/α,β-unsaturated/α-hetero) is 1. The Morgan fingerprint density at radius 2 is 1.75 bits per heavy atom. The van der Waals surface area contributed by atoms with Crippen molar-refractivity contribution in [1.82, 2.24) is 0 Å². The molecule has 32 heavy (non-hydrogen) atoms. The number of ketones is 1. The summed E-state index contributed by atoms with van der Waals surface area (Å²) in [4.78, 5) is 13.9. The standard InChI is InChI=1S/C29H50O3/c1-18(2)9-7-8-10-21-11-12-23-25(19(3)13-15-29(21,23)6)27-26(31)24-17-22(30)14-16-28(24,5)20(4)32-27/h18-25,27,30H,7-17H2,1-6H3/t19?,20-,21?,22?,23?,24?,25?,27?,28?,29?/m1/s1. The van der Waals surface area contributed by atoms with E-state index in [0.29, 0.717) is 35.4 Å². The molecular weight excluding hydrogens is 396 g/mol. The second-order valence-electron chi connectivity index (χ2n) is 13.2. The van der Waals surface area contributed by atoms with Gasteiger partial charge < -0.3 is 9.84 Å². The van der Waals surface area contributed by atoms with Gasteiger partial charge in [-0.1, -0.05) is 53.9 Å². The first-order valence-corrected chi connectivity index (χ1v) is 13.9. The number of aliphatic hydroxyl groups excluding tert-OH is 1. The van der Waals surface area contributed by atoms with Gasteiger partial charge in [0.05, 0.1) is 12.2 Å². The molecule has 0 bridgehead atoms. The number of aliphatic hydroxyl groups is 1. The smallest absolute Gasteiger partial charge is 0.165 e. The first-order chi connectivity index (χ1) is 15.1. The van der Waals surface area contributed by atoms with Gasteiger partial charge in [0.15, 0.2) is 5.78 Å². The summed E-state index contributed by atoms with van der Waals surface area (Å²) in [6, 6.07) is 0. The third kappa shape index (κ3) is 4.23. The lowest BCUT2D eigenvalue weighted by atomic mass is 9.53. The summed E-state index contributed by atoms with van der Waals surface area (Å²) in [7, 11) is 0. The zero-order valence-corrected chi connectivity index (χ0v) is 21.7. The summed E-state index contributed by atoms with van der Waals surface area (Å²) in [5.74, 6) is 3.43. The number of unbranched alkanes of at least 4 members (excludes halogenated alkanes) is 1. The number of carbonyl (C=O) groups excluding carboxylic acids is 1. The van der Waals surface area contributed by atoms with Crippen molar-refractivity contribution in [1.29, 1.82) is 0 Å². The third-order valence-corrected chi connectivity index (χ3v) is 11.0. The fraction of sp³-hybridized carbons (Fsp3) is 0.966. The van der Waals surface area contributed by atoms with Gasteiger partial charge in [-0.05, 0) is 93.3 Å². The van der Waals surface area contributed by atoms with Gasteiger partial charge in [-0.3, -0.25) is 4.79 Å². The lowest BCUT2D eigenvalue weighted by molar-refractivity contribution is -0.203. The van der Waals surface area contributed by atoms with Gasteiger partial charge in [0.1, 0.15) is 6.10 Å². The van der Waals surface area contributed by atoms with Crippen molar-refractivity contribution >= 4 is 5.78 Å². The van der Waals surface area contributed by atoms with Crippen molar-refractivity contribution in [2.75, 3.05) is 0 Å². The molecule has 4 aliphatic rings. The predicted molar refractivity (Wildman–Crippen MR) is 130 cm³/mol. The summed E-state index contributed by atoms with van der Waals surface area (Å²) >= 11 is 0. The molecule has 0 aromatic heterocycles. The molecule has 3 aliphatic carbocycles. The van der Waals surface area contributed by atoms with Crippen molar-refractivity contribution in [3.05, 3.63) is 0 Å². The Morgan fingerprint density at radius 1 is 1.03 bits per heavy atom. The van der Waals surface area contributed by atoms with E-state index in [2.05, 4.69) is 41.5 Å².